The number of carbonyl (C=O) groups excluding carboxylic acids is 1. The van der Waals surface area contributed by atoms with Crippen LogP contribution >= 0.6 is 23.1 Å². The van der Waals surface area contributed by atoms with Gasteiger partial charge in [-0.05, 0) is 62.4 Å². The maximum atomic E-state index is 13.5. The second-order valence-corrected chi connectivity index (χ2v) is 9.48. The number of allylic oxidation sites excluding steroid dienone is 1. The molecule has 2 aromatic heterocycles. The molecule has 1 atom stereocenters. The van der Waals surface area contributed by atoms with E-state index in [-0.39, 0.29) is 11.7 Å². The summed E-state index contributed by atoms with van der Waals surface area (Å²) in [5, 5.41) is 0. The third kappa shape index (κ3) is 4.33. The Kier molecular flexibility index (Phi) is 6.43. The zero-order chi connectivity index (χ0) is 22.8. The Balaban J connectivity index is 1.94. The summed E-state index contributed by atoms with van der Waals surface area (Å²) >= 11 is 2.94. The smallest absolute Gasteiger partial charge is 0.338 e. The Bertz CT molecular complexity index is 1350. The van der Waals surface area contributed by atoms with Gasteiger partial charge in [-0.25, -0.2) is 9.79 Å². The van der Waals surface area contributed by atoms with Crippen molar-refractivity contribution in [2.24, 2.45) is 4.99 Å². The molecule has 1 unspecified atom stereocenters. The summed E-state index contributed by atoms with van der Waals surface area (Å²) < 4.78 is 7.66. The number of hydrogen-bond acceptors (Lipinski definition) is 7. The highest BCUT2D eigenvalue weighted by Crippen LogP contribution is 2.31. The molecule has 8 heteroatoms. The van der Waals surface area contributed by atoms with Crippen LogP contribution in [0.5, 0.6) is 0 Å². The number of rotatable bonds is 5. The van der Waals surface area contributed by atoms with Gasteiger partial charge in [0.05, 0.1) is 27.9 Å². The van der Waals surface area contributed by atoms with E-state index in [4.69, 9.17) is 4.74 Å². The Morgan fingerprint density at radius 2 is 2.00 bits per heavy atom. The van der Waals surface area contributed by atoms with Crippen molar-refractivity contribution in [2.45, 2.75) is 37.8 Å². The average molecular weight is 466 g/mol. The Morgan fingerprint density at radius 1 is 1.25 bits per heavy atom. The number of benzene rings is 1. The summed E-state index contributed by atoms with van der Waals surface area (Å²) in [6.45, 7) is 5.40. The number of esters is 1. The second kappa shape index (κ2) is 9.26. The molecule has 0 bridgehead atoms. The summed E-state index contributed by atoms with van der Waals surface area (Å²) in [6.07, 6.45) is 6.92. The van der Waals surface area contributed by atoms with E-state index in [1.165, 1.54) is 11.3 Å². The first-order valence-corrected chi connectivity index (χ1v) is 12.2. The van der Waals surface area contributed by atoms with Gasteiger partial charge in [-0.1, -0.05) is 29.5 Å². The van der Waals surface area contributed by atoms with E-state index in [1.807, 2.05) is 42.7 Å². The zero-order valence-electron chi connectivity index (χ0n) is 18.2. The molecule has 0 spiro atoms. The predicted molar refractivity (Wildman–Crippen MR) is 127 cm³/mol. The molecule has 0 saturated carbocycles. The lowest BCUT2D eigenvalue weighted by molar-refractivity contribution is -0.143. The van der Waals surface area contributed by atoms with Gasteiger partial charge in [0.25, 0.3) is 5.56 Å². The normalized spacial score (nSPS) is 16.2. The molecule has 32 heavy (non-hydrogen) atoms. The fourth-order valence-corrected chi connectivity index (χ4v) is 5.03. The number of thioether (sulfide) groups is 1. The molecule has 3 heterocycles. The predicted octanol–water partition coefficient (Wildman–Crippen LogP) is 3.30. The number of aromatic nitrogens is 2. The SMILES string of the molecule is CSc1ccc(C2C(C(=O)OC(C)C)=C(C)N=c3sc(=Cc4cccnc4)c(=O)n32)cc1. The summed E-state index contributed by atoms with van der Waals surface area (Å²) in [5.41, 5.74) is 2.41. The lowest BCUT2D eigenvalue weighted by Crippen LogP contribution is -2.40. The number of thiazole rings is 1. The number of nitrogens with zero attached hydrogens (tertiary/aromatic N) is 3. The van der Waals surface area contributed by atoms with Crippen LogP contribution in [0.25, 0.3) is 6.08 Å². The van der Waals surface area contributed by atoms with Gasteiger partial charge in [0.2, 0.25) is 0 Å². The van der Waals surface area contributed by atoms with E-state index in [1.54, 1.807) is 55.6 Å². The lowest BCUT2D eigenvalue weighted by Gasteiger charge is -2.25. The zero-order valence-corrected chi connectivity index (χ0v) is 19.9. The van der Waals surface area contributed by atoms with Crippen molar-refractivity contribution < 1.29 is 9.53 Å². The van der Waals surface area contributed by atoms with Crippen molar-refractivity contribution in [3.8, 4) is 0 Å². The van der Waals surface area contributed by atoms with E-state index >= 15 is 0 Å². The Labute approximate surface area is 194 Å². The number of carbonyl (C=O) groups is 1. The summed E-state index contributed by atoms with van der Waals surface area (Å²) in [6, 6.07) is 11.0. The van der Waals surface area contributed by atoms with Crippen molar-refractivity contribution >= 4 is 35.1 Å². The first-order valence-electron chi connectivity index (χ1n) is 10.2. The highest BCUT2D eigenvalue weighted by molar-refractivity contribution is 7.98. The highest BCUT2D eigenvalue weighted by Gasteiger charge is 2.33. The largest absolute Gasteiger partial charge is 0.459 e. The van der Waals surface area contributed by atoms with E-state index in [0.29, 0.717) is 20.6 Å². The molecule has 0 radical (unpaired) electrons. The van der Waals surface area contributed by atoms with E-state index in [9.17, 15) is 9.59 Å². The topological polar surface area (TPSA) is 73.6 Å². The first kappa shape index (κ1) is 22.2. The molecule has 0 amide bonds. The molecule has 1 aliphatic rings. The summed E-state index contributed by atoms with van der Waals surface area (Å²) in [7, 11) is 0. The van der Waals surface area contributed by atoms with Crippen LogP contribution in [-0.2, 0) is 9.53 Å². The maximum Gasteiger partial charge on any atom is 0.338 e. The van der Waals surface area contributed by atoms with Gasteiger partial charge in [-0.2, -0.15) is 0 Å². The molecule has 1 aromatic carbocycles. The quantitative estimate of drug-likeness (QED) is 0.427. The minimum absolute atomic E-state index is 0.195. The first-order chi connectivity index (χ1) is 15.4. The molecule has 164 valence electrons. The van der Waals surface area contributed by atoms with Crippen molar-refractivity contribution in [3.05, 3.63) is 90.9 Å². The van der Waals surface area contributed by atoms with Crippen LogP contribution < -0.4 is 14.9 Å². The third-order valence-electron chi connectivity index (χ3n) is 5.00. The van der Waals surface area contributed by atoms with Crippen LogP contribution in [0.4, 0.5) is 0 Å². The molecule has 0 fully saturated rings. The lowest BCUT2D eigenvalue weighted by atomic mass is 9.96. The molecular formula is C24H23N3O3S2. The average Bonchev–Trinajstić information content (AvgIpc) is 3.07. The molecule has 3 aromatic rings. The van der Waals surface area contributed by atoms with Gasteiger partial charge in [0, 0.05) is 17.3 Å². The van der Waals surface area contributed by atoms with Crippen molar-refractivity contribution in [1.82, 2.24) is 9.55 Å². The van der Waals surface area contributed by atoms with E-state index < -0.39 is 12.0 Å². The van der Waals surface area contributed by atoms with Gasteiger partial charge >= 0.3 is 5.97 Å². The number of hydrogen-bond donors (Lipinski definition) is 0. The highest BCUT2D eigenvalue weighted by atomic mass is 32.2. The third-order valence-corrected chi connectivity index (χ3v) is 6.72. The van der Waals surface area contributed by atoms with Crippen LogP contribution in [0.2, 0.25) is 0 Å². The number of pyridine rings is 1. The number of fused-ring (bicyclic) bond motifs is 1. The van der Waals surface area contributed by atoms with E-state index in [0.717, 1.165) is 16.0 Å². The van der Waals surface area contributed by atoms with Gasteiger partial charge in [0.15, 0.2) is 4.80 Å². The molecule has 0 saturated heterocycles. The fraction of sp³-hybridized carbons (Fsp3) is 0.250. The van der Waals surface area contributed by atoms with Crippen LogP contribution in [0, 0.1) is 0 Å². The monoisotopic (exact) mass is 465 g/mol. The molecule has 1 aliphatic heterocycles. The van der Waals surface area contributed by atoms with Crippen LogP contribution in [0.3, 0.4) is 0 Å². The summed E-state index contributed by atoms with van der Waals surface area (Å²) in [4.78, 5) is 37.0. The maximum absolute atomic E-state index is 13.5. The molecule has 0 N–H and O–H groups in total. The number of ether oxygens (including phenoxy) is 1. The Hall–Kier alpha value is -2.97. The van der Waals surface area contributed by atoms with Crippen LogP contribution in [-0.4, -0.2) is 27.9 Å². The minimum atomic E-state index is -0.607. The van der Waals surface area contributed by atoms with Crippen LogP contribution in [0.15, 0.2) is 74.7 Å². The van der Waals surface area contributed by atoms with Gasteiger partial charge in [-0.15, -0.1) is 11.8 Å². The molecule has 6 nitrogen and oxygen atoms in total. The standard InChI is InChI=1S/C24H23N3O3S2/c1-14(2)30-23(29)20-15(3)26-24-27(21(20)17-7-9-18(31-4)10-8-17)22(28)19(32-24)12-16-6-5-11-25-13-16/h5-14,21H,1-4H3. The van der Waals surface area contributed by atoms with Crippen molar-refractivity contribution in [2.75, 3.05) is 6.26 Å². The second-order valence-electron chi connectivity index (χ2n) is 7.60. The molecule has 4 rings (SSSR count). The molecular weight excluding hydrogens is 442 g/mol. The van der Waals surface area contributed by atoms with Crippen LogP contribution in [0.1, 0.15) is 37.9 Å². The fourth-order valence-electron chi connectivity index (χ4n) is 3.57. The molecule has 0 aliphatic carbocycles. The van der Waals surface area contributed by atoms with Crippen molar-refractivity contribution in [1.29, 1.82) is 0 Å². The van der Waals surface area contributed by atoms with E-state index in [2.05, 4.69) is 9.98 Å². The van der Waals surface area contributed by atoms with Gasteiger partial charge in [-0.3, -0.25) is 14.3 Å². The van der Waals surface area contributed by atoms with Gasteiger partial charge < -0.3 is 4.74 Å². The van der Waals surface area contributed by atoms with Crippen molar-refractivity contribution in [3.63, 3.8) is 0 Å². The Morgan fingerprint density at radius 3 is 2.62 bits per heavy atom. The van der Waals surface area contributed by atoms with Gasteiger partial charge in [0.1, 0.15) is 0 Å². The summed E-state index contributed by atoms with van der Waals surface area (Å²) in [5.74, 6) is -0.457. The minimum Gasteiger partial charge on any atom is -0.459 e.